The molecule has 0 aliphatic heterocycles. The second-order valence-corrected chi connectivity index (χ2v) is 7.69. The highest BCUT2D eigenvalue weighted by atomic mass is 32.2. The Kier molecular flexibility index (Phi) is 3.79. The second kappa shape index (κ2) is 5.15. The molecule has 0 amide bonds. The molecule has 1 aromatic rings. The first kappa shape index (κ1) is 12.5. The van der Waals surface area contributed by atoms with E-state index in [0.29, 0.717) is 9.88 Å². The lowest BCUT2D eigenvalue weighted by atomic mass is 10.0. The molecule has 0 bridgehead atoms. The van der Waals surface area contributed by atoms with E-state index in [-0.39, 0.29) is 11.0 Å². The normalized spacial score (nSPS) is 17.8. The van der Waals surface area contributed by atoms with Crippen LogP contribution in [0.2, 0.25) is 0 Å². The van der Waals surface area contributed by atoms with E-state index in [0.717, 1.165) is 32.1 Å². The predicted molar refractivity (Wildman–Crippen MR) is 66.3 cm³/mol. The largest absolute Gasteiger partial charge is 0.247 e. The monoisotopic (exact) mass is 270 g/mol. The van der Waals surface area contributed by atoms with E-state index in [1.54, 1.807) is 0 Å². The Morgan fingerprint density at radius 2 is 2.12 bits per heavy atom. The summed E-state index contributed by atoms with van der Waals surface area (Å²) in [4.78, 5) is 4.46. The van der Waals surface area contributed by atoms with Crippen molar-refractivity contribution in [1.82, 2.24) is 4.98 Å². The van der Waals surface area contributed by atoms with Crippen LogP contribution in [0.25, 0.3) is 0 Å². The minimum absolute atomic E-state index is 0.00991. The number of hydrogen-bond acceptors (Lipinski definition) is 5. The molecule has 0 aromatic carbocycles. The third-order valence-corrected chi connectivity index (χ3v) is 6.30. The highest BCUT2D eigenvalue weighted by Gasteiger charge is 2.28. The molecule has 4 nitrogen and oxygen atoms in total. The van der Waals surface area contributed by atoms with Gasteiger partial charge in [0.05, 0.1) is 11.4 Å². The maximum Gasteiger partial charge on any atom is 0.159 e. The highest BCUT2D eigenvalue weighted by Crippen LogP contribution is 2.27. The first-order valence-electron chi connectivity index (χ1n) is 5.68. The van der Waals surface area contributed by atoms with Crippen LogP contribution in [0.4, 0.5) is 0 Å². The molecule has 17 heavy (non-hydrogen) atoms. The van der Waals surface area contributed by atoms with Crippen molar-refractivity contribution in [3.05, 3.63) is 16.1 Å². The van der Waals surface area contributed by atoms with Crippen LogP contribution in [0.5, 0.6) is 0 Å². The summed E-state index contributed by atoms with van der Waals surface area (Å²) in [6.07, 6.45) is 6.15. The van der Waals surface area contributed by atoms with Crippen LogP contribution in [-0.4, -0.2) is 18.7 Å². The fraction of sp³-hybridized carbons (Fsp3) is 0.636. The number of nitriles is 1. The topological polar surface area (TPSA) is 70.8 Å². The maximum atomic E-state index is 12.1. The smallest absolute Gasteiger partial charge is 0.159 e. The van der Waals surface area contributed by atoms with Crippen LogP contribution in [0.1, 0.15) is 42.0 Å². The molecule has 0 N–H and O–H groups in total. The number of nitrogens with zero attached hydrogens (tertiary/aromatic N) is 2. The molecule has 0 atom stereocenters. The molecule has 1 aliphatic carbocycles. The van der Waals surface area contributed by atoms with Gasteiger partial charge in [-0.15, -0.1) is 11.3 Å². The lowest BCUT2D eigenvalue weighted by Gasteiger charge is -2.21. The molecular weight excluding hydrogens is 256 g/mol. The summed E-state index contributed by atoms with van der Waals surface area (Å²) in [5.74, 6) is -0.00991. The highest BCUT2D eigenvalue weighted by molar-refractivity contribution is 7.91. The molecule has 1 aliphatic rings. The molecule has 2 rings (SSSR count). The van der Waals surface area contributed by atoms with E-state index in [9.17, 15) is 8.42 Å². The van der Waals surface area contributed by atoms with Gasteiger partial charge in [0.1, 0.15) is 21.7 Å². The van der Waals surface area contributed by atoms with Crippen molar-refractivity contribution < 1.29 is 8.42 Å². The molecule has 0 radical (unpaired) electrons. The van der Waals surface area contributed by atoms with Crippen molar-refractivity contribution in [2.24, 2.45) is 0 Å². The van der Waals surface area contributed by atoms with Crippen molar-refractivity contribution in [1.29, 1.82) is 5.26 Å². The lowest BCUT2D eigenvalue weighted by Crippen LogP contribution is -2.25. The molecular formula is C11H14N2O2S2. The number of aromatic nitrogens is 1. The van der Waals surface area contributed by atoms with Crippen molar-refractivity contribution in [2.75, 3.05) is 0 Å². The van der Waals surface area contributed by atoms with Gasteiger partial charge in [-0.2, -0.15) is 5.26 Å². The average molecular weight is 270 g/mol. The van der Waals surface area contributed by atoms with Gasteiger partial charge in [-0.3, -0.25) is 0 Å². The summed E-state index contributed by atoms with van der Waals surface area (Å²) in [5.41, 5.74) is 0. The summed E-state index contributed by atoms with van der Waals surface area (Å²) in [7, 11) is -3.09. The van der Waals surface area contributed by atoms with Gasteiger partial charge in [0, 0.05) is 0 Å². The molecule has 1 heterocycles. The van der Waals surface area contributed by atoms with E-state index in [4.69, 9.17) is 5.26 Å². The molecule has 6 heteroatoms. The van der Waals surface area contributed by atoms with E-state index in [1.165, 1.54) is 17.5 Å². The average Bonchev–Trinajstić information content (AvgIpc) is 2.77. The first-order chi connectivity index (χ1) is 8.12. The number of thiazole rings is 1. The Morgan fingerprint density at radius 1 is 1.41 bits per heavy atom. The van der Waals surface area contributed by atoms with Crippen LogP contribution in [0.3, 0.4) is 0 Å². The van der Waals surface area contributed by atoms with Gasteiger partial charge in [-0.05, 0) is 12.8 Å². The van der Waals surface area contributed by atoms with Gasteiger partial charge in [0.25, 0.3) is 0 Å². The van der Waals surface area contributed by atoms with Gasteiger partial charge in [0.15, 0.2) is 9.84 Å². The molecule has 0 spiro atoms. The molecule has 1 aromatic heterocycles. The van der Waals surface area contributed by atoms with Crippen LogP contribution in [0.15, 0.2) is 6.20 Å². The quantitative estimate of drug-likeness (QED) is 0.844. The van der Waals surface area contributed by atoms with E-state index < -0.39 is 9.84 Å². The van der Waals surface area contributed by atoms with Crippen LogP contribution >= 0.6 is 11.3 Å². The van der Waals surface area contributed by atoms with E-state index in [2.05, 4.69) is 4.98 Å². The Bertz CT molecular complexity index is 522. The fourth-order valence-corrected chi connectivity index (χ4v) is 5.09. The summed E-state index contributed by atoms with van der Waals surface area (Å²) >= 11 is 1.17. The summed E-state index contributed by atoms with van der Waals surface area (Å²) in [5, 5.41) is 9.00. The minimum atomic E-state index is -3.09. The van der Waals surface area contributed by atoms with Gasteiger partial charge >= 0.3 is 0 Å². The van der Waals surface area contributed by atoms with E-state index in [1.807, 2.05) is 6.07 Å². The van der Waals surface area contributed by atoms with Crippen molar-refractivity contribution >= 4 is 21.2 Å². The van der Waals surface area contributed by atoms with Crippen LogP contribution in [-0.2, 0) is 15.6 Å². The molecule has 1 fully saturated rings. The Labute approximate surface area is 105 Å². The standard InChI is InChI=1S/C11H14N2O2S2/c12-6-9-7-13-11(16-9)8-17(14,15)10-4-2-1-3-5-10/h7,10H,1-5,8H2. The second-order valence-electron chi connectivity index (χ2n) is 4.30. The van der Waals surface area contributed by atoms with Crippen molar-refractivity contribution in [3.63, 3.8) is 0 Å². The zero-order valence-corrected chi connectivity index (χ0v) is 11.1. The Balaban J connectivity index is 2.08. The summed E-state index contributed by atoms with van der Waals surface area (Å²) in [6.45, 7) is 0. The molecule has 0 unspecified atom stereocenters. The Morgan fingerprint density at radius 3 is 2.71 bits per heavy atom. The fourth-order valence-electron chi connectivity index (χ4n) is 2.14. The lowest BCUT2D eigenvalue weighted by molar-refractivity contribution is 0.483. The first-order valence-corrected chi connectivity index (χ1v) is 8.21. The van der Waals surface area contributed by atoms with Gasteiger partial charge < -0.3 is 0 Å². The van der Waals surface area contributed by atoms with Crippen LogP contribution < -0.4 is 0 Å². The molecule has 92 valence electrons. The summed E-state index contributed by atoms with van der Waals surface area (Å²) < 4.78 is 24.3. The van der Waals surface area contributed by atoms with Gasteiger partial charge in [-0.1, -0.05) is 19.3 Å². The van der Waals surface area contributed by atoms with Crippen molar-refractivity contribution in [2.45, 2.75) is 43.1 Å². The molecule has 0 saturated heterocycles. The predicted octanol–water partition coefficient (Wildman–Crippen LogP) is 2.26. The Hall–Kier alpha value is -0.930. The minimum Gasteiger partial charge on any atom is -0.247 e. The van der Waals surface area contributed by atoms with Gasteiger partial charge in [0.2, 0.25) is 0 Å². The summed E-state index contributed by atoms with van der Waals surface area (Å²) in [6, 6.07) is 1.97. The van der Waals surface area contributed by atoms with Crippen LogP contribution in [0, 0.1) is 11.3 Å². The van der Waals surface area contributed by atoms with Crippen molar-refractivity contribution in [3.8, 4) is 6.07 Å². The SMILES string of the molecule is N#Cc1cnc(CS(=O)(=O)C2CCCCC2)s1. The van der Waals surface area contributed by atoms with E-state index >= 15 is 0 Å². The number of sulfone groups is 1. The zero-order valence-electron chi connectivity index (χ0n) is 9.42. The zero-order chi connectivity index (χ0) is 12.3. The number of hydrogen-bond donors (Lipinski definition) is 0. The van der Waals surface area contributed by atoms with Gasteiger partial charge in [-0.25, -0.2) is 13.4 Å². The third-order valence-electron chi connectivity index (χ3n) is 3.05. The maximum absolute atomic E-state index is 12.1. The molecule has 1 saturated carbocycles. The third kappa shape index (κ3) is 3.05. The number of rotatable bonds is 3.